The van der Waals surface area contributed by atoms with Crippen molar-refractivity contribution < 1.29 is 18.7 Å². The van der Waals surface area contributed by atoms with Crippen molar-refractivity contribution in [2.75, 3.05) is 25.3 Å². The third-order valence-electron chi connectivity index (χ3n) is 4.39. The minimum absolute atomic E-state index is 0.0637. The van der Waals surface area contributed by atoms with Gasteiger partial charge in [0.15, 0.2) is 10.9 Å². The predicted molar refractivity (Wildman–Crippen MR) is 121 cm³/mol. The Kier molecular flexibility index (Phi) is 6.25. The minimum atomic E-state index is -0.0637. The number of nitrogens with one attached hydrogen (secondary N) is 1. The average Bonchev–Trinajstić information content (AvgIpc) is 3.40. The van der Waals surface area contributed by atoms with Crippen molar-refractivity contribution in [3.63, 3.8) is 0 Å². The van der Waals surface area contributed by atoms with E-state index in [9.17, 15) is 4.79 Å². The maximum absolute atomic E-state index is 12.2. The van der Waals surface area contributed by atoms with Crippen molar-refractivity contribution in [2.45, 2.75) is 11.3 Å². The van der Waals surface area contributed by atoms with E-state index in [0.717, 1.165) is 27.4 Å². The molecule has 0 bridgehead atoms. The van der Waals surface area contributed by atoms with Gasteiger partial charge in [-0.15, -0.1) is 23.1 Å². The summed E-state index contributed by atoms with van der Waals surface area (Å²) in [6.45, 7) is 0. The molecule has 1 N–H and O–H groups in total. The zero-order chi connectivity index (χ0) is 20.9. The van der Waals surface area contributed by atoms with Gasteiger partial charge in [0.05, 0.1) is 14.2 Å². The number of methoxy groups -OCH3 is 2. The van der Waals surface area contributed by atoms with E-state index in [0.29, 0.717) is 28.8 Å². The highest BCUT2D eigenvalue weighted by atomic mass is 32.2. The number of hydrogen-bond acceptors (Lipinski definition) is 7. The van der Waals surface area contributed by atoms with Crippen LogP contribution in [0.4, 0.5) is 5.13 Å². The number of rotatable bonds is 8. The Balaban J connectivity index is 1.33. The first-order valence-electron chi connectivity index (χ1n) is 9.25. The maximum atomic E-state index is 12.2. The Morgan fingerprint density at radius 2 is 1.87 bits per heavy atom. The predicted octanol–water partition coefficient (Wildman–Crippen LogP) is 5.69. The summed E-state index contributed by atoms with van der Waals surface area (Å²) >= 11 is 3.00. The zero-order valence-electron chi connectivity index (χ0n) is 16.5. The summed E-state index contributed by atoms with van der Waals surface area (Å²) in [4.78, 5) is 17.8. The Bertz CT molecular complexity index is 1150. The van der Waals surface area contributed by atoms with E-state index in [1.807, 2.05) is 53.9 Å². The van der Waals surface area contributed by atoms with E-state index in [1.165, 1.54) is 11.3 Å². The van der Waals surface area contributed by atoms with Gasteiger partial charge in [-0.05, 0) is 42.5 Å². The topological polar surface area (TPSA) is 73.6 Å². The van der Waals surface area contributed by atoms with Crippen LogP contribution >= 0.6 is 23.1 Å². The Hall–Kier alpha value is -2.97. The van der Waals surface area contributed by atoms with Crippen LogP contribution in [0, 0.1) is 0 Å². The molecule has 2 heterocycles. The highest BCUT2D eigenvalue weighted by molar-refractivity contribution is 7.99. The van der Waals surface area contributed by atoms with Crippen molar-refractivity contribution in [3.8, 4) is 23.0 Å². The largest absolute Gasteiger partial charge is 0.497 e. The van der Waals surface area contributed by atoms with Crippen LogP contribution in [0.1, 0.15) is 6.42 Å². The monoisotopic (exact) mass is 440 g/mol. The van der Waals surface area contributed by atoms with Crippen molar-refractivity contribution in [2.24, 2.45) is 0 Å². The fraction of sp³-hybridized carbons (Fsp3) is 0.182. The molecule has 2 aromatic carbocycles. The Labute approximate surface area is 182 Å². The molecule has 0 aliphatic heterocycles. The molecule has 6 nitrogen and oxygen atoms in total. The van der Waals surface area contributed by atoms with Crippen molar-refractivity contribution >= 4 is 45.1 Å². The lowest BCUT2D eigenvalue weighted by molar-refractivity contribution is -0.115. The van der Waals surface area contributed by atoms with Gasteiger partial charge in [-0.25, -0.2) is 4.98 Å². The Morgan fingerprint density at radius 1 is 1.10 bits per heavy atom. The molecular formula is C22H20N2O4S2. The molecule has 1 amide bonds. The summed E-state index contributed by atoms with van der Waals surface area (Å²) in [5.41, 5.74) is 1.43. The highest BCUT2D eigenvalue weighted by Gasteiger charge is 2.12. The molecule has 4 rings (SSSR count). The summed E-state index contributed by atoms with van der Waals surface area (Å²) in [7, 11) is 3.26. The first-order chi connectivity index (χ1) is 14.6. The number of hydrogen-bond donors (Lipinski definition) is 1. The molecule has 2 aromatic heterocycles. The van der Waals surface area contributed by atoms with E-state index in [1.54, 1.807) is 26.0 Å². The summed E-state index contributed by atoms with van der Waals surface area (Å²) in [5, 5.41) is 6.26. The molecule has 0 radical (unpaired) electrons. The van der Waals surface area contributed by atoms with Gasteiger partial charge in [0.1, 0.15) is 22.8 Å². The number of nitrogens with zero attached hydrogens (tertiary/aromatic N) is 1. The second kappa shape index (κ2) is 9.23. The molecule has 0 fully saturated rings. The molecule has 154 valence electrons. The van der Waals surface area contributed by atoms with Gasteiger partial charge in [0, 0.05) is 33.9 Å². The summed E-state index contributed by atoms with van der Waals surface area (Å²) in [5.74, 6) is 2.83. The molecular weight excluding hydrogens is 420 g/mol. The minimum Gasteiger partial charge on any atom is -0.497 e. The van der Waals surface area contributed by atoms with Crippen LogP contribution < -0.4 is 14.8 Å². The standard InChI is InChI=1S/C22H20N2O4S2/c1-26-15-5-7-17(8-6-15)29-10-9-21(25)24-22-23-18(13-30-22)20-11-14-3-4-16(27-2)12-19(14)28-20/h3-8,11-13H,9-10H2,1-2H3,(H,23,24,25). The number of aromatic nitrogens is 1. The van der Waals surface area contributed by atoms with Crippen LogP contribution in [-0.4, -0.2) is 30.9 Å². The number of carbonyl (C=O) groups excluding carboxylic acids is 1. The molecule has 0 unspecified atom stereocenters. The molecule has 0 saturated heterocycles. The molecule has 4 aromatic rings. The van der Waals surface area contributed by atoms with E-state index in [2.05, 4.69) is 10.3 Å². The van der Waals surface area contributed by atoms with Gasteiger partial charge in [-0.3, -0.25) is 4.79 Å². The first kappa shape index (κ1) is 20.3. The molecule has 0 spiro atoms. The van der Waals surface area contributed by atoms with Crippen LogP contribution in [0.5, 0.6) is 11.5 Å². The van der Waals surface area contributed by atoms with Gasteiger partial charge < -0.3 is 19.2 Å². The normalized spacial score (nSPS) is 10.9. The number of furan rings is 1. The number of benzene rings is 2. The maximum Gasteiger partial charge on any atom is 0.226 e. The average molecular weight is 441 g/mol. The van der Waals surface area contributed by atoms with E-state index in [-0.39, 0.29) is 5.91 Å². The van der Waals surface area contributed by atoms with Crippen molar-refractivity contribution in [1.82, 2.24) is 4.98 Å². The number of ether oxygens (including phenoxy) is 2. The van der Waals surface area contributed by atoms with Gasteiger partial charge in [-0.1, -0.05) is 0 Å². The summed E-state index contributed by atoms with van der Waals surface area (Å²) in [6, 6.07) is 15.4. The Morgan fingerprint density at radius 3 is 2.63 bits per heavy atom. The van der Waals surface area contributed by atoms with Gasteiger partial charge in [-0.2, -0.15) is 0 Å². The van der Waals surface area contributed by atoms with Crippen LogP contribution in [0.3, 0.4) is 0 Å². The van der Waals surface area contributed by atoms with Crippen LogP contribution in [0.2, 0.25) is 0 Å². The number of carbonyl (C=O) groups is 1. The van der Waals surface area contributed by atoms with E-state index < -0.39 is 0 Å². The second-order valence-corrected chi connectivity index (χ2v) is 8.40. The van der Waals surface area contributed by atoms with E-state index in [4.69, 9.17) is 13.9 Å². The molecule has 8 heteroatoms. The van der Waals surface area contributed by atoms with Gasteiger partial charge in [0.2, 0.25) is 5.91 Å². The first-order valence-corrected chi connectivity index (χ1v) is 11.1. The zero-order valence-corrected chi connectivity index (χ0v) is 18.1. The van der Waals surface area contributed by atoms with Crippen LogP contribution in [0.25, 0.3) is 22.4 Å². The van der Waals surface area contributed by atoms with Crippen LogP contribution in [-0.2, 0) is 4.79 Å². The molecule has 0 aliphatic carbocycles. The lowest BCUT2D eigenvalue weighted by Crippen LogP contribution is -2.11. The summed E-state index contributed by atoms with van der Waals surface area (Å²) < 4.78 is 16.3. The van der Waals surface area contributed by atoms with Crippen molar-refractivity contribution in [3.05, 3.63) is 53.9 Å². The van der Waals surface area contributed by atoms with Gasteiger partial charge in [0.25, 0.3) is 0 Å². The van der Waals surface area contributed by atoms with Gasteiger partial charge >= 0.3 is 0 Å². The lowest BCUT2D eigenvalue weighted by atomic mass is 10.2. The number of amides is 1. The highest BCUT2D eigenvalue weighted by Crippen LogP contribution is 2.32. The van der Waals surface area contributed by atoms with Crippen molar-refractivity contribution in [1.29, 1.82) is 0 Å². The smallest absolute Gasteiger partial charge is 0.226 e. The fourth-order valence-electron chi connectivity index (χ4n) is 2.82. The molecule has 30 heavy (non-hydrogen) atoms. The SMILES string of the molecule is COc1ccc(SCCC(=O)Nc2nc(-c3cc4ccc(OC)cc4o3)cs2)cc1. The van der Waals surface area contributed by atoms with E-state index >= 15 is 0 Å². The fourth-order valence-corrected chi connectivity index (χ4v) is 4.39. The number of fused-ring (bicyclic) bond motifs is 1. The molecule has 0 atom stereocenters. The number of thioether (sulfide) groups is 1. The molecule has 0 saturated carbocycles. The number of anilines is 1. The molecule has 0 aliphatic rings. The third-order valence-corrected chi connectivity index (χ3v) is 6.16. The second-order valence-electron chi connectivity index (χ2n) is 6.37. The quantitative estimate of drug-likeness (QED) is 0.355. The third kappa shape index (κ3) is 4.77. The lowest BCUT2D eigenvalue weighted by Gasteiger charge is -2.04. The number of thiazole rings is 1. The van der Waals surface area contributed by atoms with Crippen LogP contribution in [0.15, 0.2) is 63.2 Å². The summed E-state index contributed by atoms with van der Waals surface area (Å²) in [6.07, 6.45) is 0.399.